The van der Waals surface area contributed by atoms with Crippen LogP contribution in [0.4, 0.5) is 8.78 Å². The van der Waals surface area contributed by atoms with E-state index in [1.807, 2.05) is 24.3 Å². The molecule has 0 spiro atoms. The van der Waals surface area contributed by atoms with Gasteiger partial charge in [0.05, 0.1) is 24.7 Å². The van der Waals surface area contributed by atoms with E-state index in [4.69, 9.17) is 9.47 Å². The standard InChI is InChI=1S/C28H29FN2O2.C28H29FN2O/c1-20-26-4-2-3-5-27(26)31(28(20)23-8-10-24(32)11-9-23)19-21-6-12-25(13-7-21)33-15-14-30-17-22(16-29)18-30;1-21-26-9-5-6-10-27(26)31(28(21)24-7-3-2-4-8-24)20-22-11-13-25(14-12-22)32-16-15-30-18-23(17-29)19-30/h2-13,22,32H,14-19H2,1H3;2-14,23H,15-20H2,1H3. The molecular formula is C56H58F2N4O3. The number of rotatable bonds is 16. The predicted molar refractivity (Wildman–Crippen MR) is 260 cm³/mol. The molecule has 7 nitrogen and oxygen atoms in total. The number of hydrogen-bond donors (Lipinski definition) is 1. The number of halogens is 2. The highest BCUT2D eigenvalue weighted by atomic mass is 19.1. The number of para-hydroxylation sites is 2. The third kappa shape index (κ3) is 9.97. The number of nitrogens with zero attached hydrogens (tertiary/aromatic N) is 4. The fourth-order valence-electron chi connectivity index (χ4n) is 9.49. The van der Waals surface area contributed by atoms with Gasteiger partial charge in [0.1, 0.15) is 30.5 Å². The van der Waals surface area contributed by atoms with Crippen LogP contribution in [0.15, 0.2) is 152 Å². The van der Waals surface area contributed by atoms with Crippen molar-refractivity contribution in [1.82, 2.24) is 18.9 Å². The first kappa shape index (κ1) is 43.8. The van der Waals surface area contributed by atoms with Crippen LogP contribution in [0.5, 0.6) is 17.2 Å². The number of alkyl halides is 2. The van der Waals surface area contributed by atoms with E-state index >= 15 is 0 Å². The quantitative estimate of drug-likeness (QED) is 0.105. The minimum atomic E-state index is -0.219. The average Bonchev–Trinajstić information content (AvgIpc) is 3.75. The molecule has 0 aliphatic carbocycles. The first-order valence-electron chi connectivity index (χ1n) is 22.9. The van der Waals surface area contributed by atoms with Gasteiger partial charge in [0, 0.05) is 86.0 Å². The Kier molecular flexibility index (Phi) is 13.6. The summed E-state index contributed by atoms with van der Waals surface area (Å²) in [6, 6.07) is 51.8. The Balaban J connectivity index is 0.000000164. The second-order valence-corrected chi connectivity index (χ2v) is 17.6. The van der Waals surface area contributed by atoms with Crippen molar-refractivity contribution in [2.45, 2.75) is 26.9 Å². The largest absolute Gasteiger partial charge is 0.508 e. The summed E-state index contributed by atoms with van der Waals surface area (Å²) in [5, 5.41) is 12.3. The van der Waals surface area contributed by atoms with Crippen LogP contribution in [-0.2, 0) is 13.1 Å². The molecule has 2 saturated heterocycles. The molecular weight excluding hydrogens is 815 g/mol. The minimum absolute atomic E-state index is 0.207. The van der Waals surface area contributed by atoms with Crippen LogP contribution in [-0.4, -0.2) is 89.9 Å². The molecule has 65 heavy (non-hydrogen) atoms. The minimum Gasteiger partial charge on any atom is -0.508 e. The SMILES string of the molecule is Cc1c(-c2ccc(O)cc2)n(Cc2ccc(OCCN3CC(CF)C3)cc2)c2ccccc12.Cc1c(-c2ccccc2)n(Cc2ccc(OCCN3CC(CF)C3)cc2)c2ccccc12. The third-order valence-electron chi connectivity index (χ3n) is 13.0. The molecule has 1 N–H and O–H groups in total. The number of fused-ring (bicyclic) bond motifs is 2. The molecule has 10 rings (SSSR count). The molecule has 0 atom stereocenters. The Morgan fingerprint density at radius 2 is 0.892 bits per heavy atom. The molecule has 0 radical (unpaired) electrons. The van der Waals surface area contributed by atoms with Gasteiger partial charge < -0.3 is 23.7 Å². The molecule has 6 aromatic carbocycles. The van der Waals surface area contributed by atoms with Gasteiger partial charge in [0.15, 0.2) is 0 Å². The zero-order valence-electron chi connectivity index (χ0n) is 37.4. The number of ether oxygens (including phenoxy) is 2. The van der Waals surface area contributed by atoms with Gasteiger partial charge in [-0.2, -0.15) is 0 Å². The van der Waals surface area contributed by atoms with Crippen molar-refractivity contribution in [1.29, 1.82) is 0 Å². The topological polar surface area (TPSA) is 55.0 Å². The second-order valence-electron chi connectivity index (χ2n) is 17.6. The first-order chi connectivity index (χ1) is 31.8. The van der Waals surface area contributed by atoms with Crippen LogP contribution in [0.2, 0.25) is 0 Å². The number of phenols is 1. The lowest BCUT2D eigenvalue weighted by atomic mass is 10.0. The van der Waals surface area contributed by atoms with Crippen molar-refractivity contribution in [2.75, 3.05) is 65.8 Å². The van der Waals surface area contributed by atoms with Crippen LogP contribution in [0.1, 0.15) is 22.3 Å². The van der Waals surface area contributed by atoms with E-state index in [9.17, 15) is 13.9 Å². The lowest BCUT2D eigenvalue weighted by Gasteiger charge is -2.37. The van der Waals surface area contributed by atoms with Crippen molar-refractivity contribution in [3.8, 4) is 39.8 Å². The van der Waals surface area contributed by atoms with E-state index in [-0.39, 0.29) is 30.9 Å². The molecule has 8 aromatic rings. The lowest BCUT2D eigenvalue weighted by molar-refractivity contribution is 0.0668. The lowest BCUT2D eigenvalue weighted by Crippen LogP contribution is -2.49. The maximum absolute atomic E-state index is 12.5. The van der Waals surface area contributed by atoms with Gasteiger partial charge in [-0.3, -0.25) is 18.6 Å². The van der Waals surface area contributed by atoms with Crippen molar-refractivity contribution in [3.05, 3.63) is 174 Å². The van der Waals surface area contributed by atoms with E-state index in [0.717, 1.165) is 75.1 Å². The number of benzene rings is 6. The molecule has 2 aliphatic heterocycles. The smallest absolute Gasteiger partial charge is 0.119 e. The fourth-order valence-corrected chi connectivity index (χ4v) is 9.49. The Hall–Kier alpha value is -6.42. The molecule has 2 aliphatic rings. The number of hydrogen-bond acceptors (Lipinski definition) is 5. The third-order valence-corrected chi connectivity index (χ3v) is 13.0. The summed E-state index contributed by atoms with van der Waals surface area (Å²) in [6.07, 6.45) is 0. The molecule has 0 amide bonds. The Labute approximate surface area is 381 Å². The van der Waals surface area contributed by atoms with Crippen LogP contribution in [0.25, 0.3) is 44.3 Å². The van der Waals surface area contributed by atoms with Gasteiger partial charge in [-0.25, -0.2) is 0 Å². The zero-order chi connectivity index (χ0) is 44.7. The fraction of sp³-hybridized carbons (Fsp3) is 0.286. The number of aryl methyl sites for hydroxylation is 2. The van der Waals surface area contributed by atoms with Gasteiger partial charge in [-0.05, 0) is 108 Å². The van der Waals surface area contributed by atoms with Crippen molar-refractivity contribution in [2.24, 2.45) is 11.8 Å². The molecule has 0 unspecified atom stereocenters. The summed E-state index contributed by atoms with van der Waals surface area (Å²) < 4.78 is 41.7. The highest BCUT2D eigenvalue weighted by Crippen LogP contribution is 2.36. The average molecular weight is 873 g/mol. The maximum Gasteiger partial charge on any atom is 0.119 e. The van der Waals surface area contributed by atoms with Gasteiger partial charge in [0.2, 0.25) is 0 Å². The van der Waals surface area contributed by atoms with E-state index < -0.39 is 0 Å². The van der Waals surface area contributed by atoms with Gasteiger partial charge in [0.25, 0.3) is 0 Å². The summed E-state index contributed by atoms with van der Waals surface area (Å²) in [6.45, 7) is 11.8. The maximum atomic E-state index is 12.5. The van der Waals surface area contributed by atoms with Gasteiger partial charge in [-0.15, -0.1) is 0 Å². The number of aromatic hydroxyl groups is 1. The molecule has 334 valence electrons. The summed E-state index contributed by atoms with van der Waals surface area (Å²) in [7, 11) is 0. The number of aromatic nitrogens is 2. The highest BCUT2D eigenvalue weighted by molar-refractivity contribution is 5.92. The van der Waals surface area contributed by atoms with Crippen molar-refractivity contribution in [3.63, 3.8) is 0 Å². The van der Waals surface area contributed by atoms with Crippen LogP contribution in [0, 0.1) is 25.7 Å². The second kappa shape index (κ2) is 20.2. The molecule has 0 bridgehead atoms. The summed E-state index contributed by atoms with van der Waals surface area (Å²) >= 11 is 0. The van der Waals surface area contributed by atoms with Crippen LogP contribution < -0.4 is 9.47 Å². The number of phenolic OH excluding ortho intramolecular Hbond substituents is 1. The van der Waals surface area contributed by atoms with E-state index in [1.165, 1.54) is 55.3 Å². The Morgan fingerprint density at radius 1 is 0.492 bits per heavy atom. The van der Waals surface area contributed by atoms with Crippen molar-refractivity contribution < 1.29 is 23.4 Å². The monoisotopic (exact) mass is 872 g/mol. The molecule has 4 heterocycles. The zero-order valence-corrected chi connectivity index (χ0v) is 37.4. The number of likely N-dealkylation sites (tertiary alicyclic amines) is 2. The summed E-state index contributed by atoms with van der Waals surface area (Å²) in [4.78, 5) is 4.46. The molecule has 0 saturated carbocycles. The van der Waals surface area contributed by atoms with Crippen LogP contribution in [0.3, 0.4) is 0 Å². The Morgan fingerprint density at radius 3 is 1.32 bits per heavy atom. The first-order valence-corrected chi connectivity index (χ1v) is 22.9. The highest BCUT2D eigenvalue weighted by Gasteiger charge is 2.27. The van der Waals surface area contributed by atoms with Gasteiger partial charge in [-0.1, -0.05) is 91.0 Å². The summed E-state index contributed by atoms with van der Waals surface area (Å²) in [5.41, 5.74) is 12.2. The molecule has 9 heteroatoms. The van der Waals surface area contributed by atoms with Crippen LogP contribution >= 0.6 is 0 Å². The normalized spacial score (nSPS) is 14.5. The summed E-state index contributed by atoms with van der Waals surface area (Å²) in [5.74, 6) is 2.44. The Bertz CT molecular complexity index is 2790. The van der Waals surface area contributed by atoms with E-state index in [1.54, 1.807) is 12.1 Å². The van der Waals surface area contributed by atoms with Crippen molar-refractivity contribution >= 4 is 21.8 Å². The predicted octanol–water partition coefficient (Wildman–Crippen LogP) is 11.6. The van der Waals surface area contributed by atoms with E-state index in [2.05, 4.69) is 148 Å². The molecule has 2 aromatic heterocycles. The van der Waals surface area contributed by atoms with Gasteiger partial charge >= 0.3 is 0 Å². The molecule has 2 fully saturated rings. The van der Waals surface area contributed by atoms with E-state index in [0.29, 0.717) is 13.2 Å².